The Labute approximate surface area is 173 Å². The predicted octanol–water partition coefficient (Wildman–Crippen LogP) is 4.59. The van der Waals surface area contributed by atoms with Crippen LogP contribution in [-0.2, 0) is 0 Å². The number of Topliss-reactive ketones (excluding diaryl/α,β-unsaturated/α-hetero) is 1. The molecule has 0 radical (unpaired) electrons. The molecule has 3 aromatic rings. The van der Waals surface area contributed by atoms with Crippen LogP contribution in [-0.4, -0.2) is 29.8 Å². The van der Waals surface area contributed by atoms with E-state index >= 15 is 0 Å². The van der Waals surface area contributed by atoms with Crippen molar-refractivity contribution < 1.29 is 18.7 Å². The van der Waals surface area contributed by atoms with E-state index in [1.165, 1.54) is 12.1 Å². The average molecular weight is 402 g/mol. The molecule has 0 spiro atoms. The molecule has 2 atom stereocenters. The van der Waals surface area contributed by atoms with Crippen molar-refractivity contribution in [3.8, 4) is 11.5 Å². The number of nitrogens with zero attached hydrogens (tertiary/aromatic N) is 2. The minimum Gasteiger partial charge on any atom is -0.497 e. The van der Waals surface area contributed by atoms with E-state index in [9.17, 15) is 9.18 Å². The van der Waals surface area contributed by atoms with Crippen LogP contribution in [0.15, 0.2) is 77.9 Å². The van der Waals surface area contributed by atoms with Gasteiger partial charge in [-0.05, 0) is 48.0 Å². The third kappa shape index (κ3) is 3.10. The summed E-state index contributed by atoms with van der Waals surface area (Å²) in [6.07, 6.45) is -0.269. The summed E-state index contributed by atoms with van der Waals surface area (Å²) in [7, 11) is 1.58. The van der Waals surface area contributed by atoms with Crippen LogP contribution in [0, 0.1) is 5.82 Å². The fourth-order valence-electron chi connectivity index (χ4n) is 3.92. The molecule has 6 heteroatoms. The maximum atomic E-state index is 13.4. The van der Waals surface area contributed by atoms with Crippen molar-refractivity contribution in [3.05, 3.63) is 95.3 Å². The summed E-state index contributed by atoms with van der Waals surface area (Å²) in [5.41, 5.74) is 3.13. The molecule has 30 heavy (non-hydrogen) atoms. The van der Waals surface area contributed by atoms with Crippen LogP contribution in [0.1, 0.15) is 33.9 Å². The number of methoxy groups -OCH3 is 1. The van der Waals surface area contributed by atoms with Crippen molar-refractivity contribution in [2.45, 2.75) is 18.7 Å². The standard InChI is InChI=1S/C24H19FN2O3/c1-29-18-12-8-16(9-13-18)23(28)24-27-21(19-4-2-3-5-22(19)30-24)14-20(26-27)15-6-10-17(25)11-7-15/h2-13,21,24H,14H2,1H3/t21-,24-/m1/s1. The molecule has 2 heterocycles. The van der Waals surface area contributed by atoms with Crippen molar-refractivity contribution in [3.63, 3.8) is 0 Å². The zero-order valence-electron chi connectivity index (χ0n) is 16.3. The van der Waals surface area contributed by atoms with E-state index in [1.54, 1.807) is 48.5 Å². The number of hydrogen-bond donors (Lipinski definition) is 0. The van der Waals surface area contributed by atoms with E-state index in [0.29, 0.717) is 23.5 Å². The van der Waals surface area contributed by atoms with Crippen LogP contribution >= 0.6 is 0 Å². The van der Waals surface area contributed by atoms with Gasteiger partial charge in [0.2, 0.25) is 5.78 Å². The number of carbonyl (C=O) groups is 1. The van der Waals surface area contributed by atoms with Crippen LogP contribution in [0.5, 0.6) is 11.5 Å². The summed E-state index contributed by atoms with van der Waals surface area (Å²) in [4.78, 5) is 13.3. The van der Waals surface area contributed by atoms with Crippen molar-refractivity contribution in [2.24, 2.45) is 5.10 Å². The second-order valence-electron chi connectivity index (χ2n) is 7.25. The number of halogens is 1. The predicted molar refractivity (Wildman–Crippen MR) is 110 cm³/mol. The topological polar surface area (TPSA) is 51.1 Å². The second-order valence-corrected chi connectivity index (χ2v) is 7.25. The van der Waals surface area contributed by atoms with Gasteiger partial charge in [0.25, 0.3) is 6.23 Å². The SMILES string of the molecule is COc1ccc(C(=O)[C@H]2Oc3ccccc3[C@H]3CC(c4ccc(F)cc4)=NN23)cc1. The summed E-state index contributed by atoms with van der Waals surface area (Å²) in [6, 6.07) is 20.8. The Bertz CT molecular complexity index is 1130. The smallest absolute Gasteiger partial charge is 0.251 e. The number of rotatable bonds is 4. The zero-order valence-corrected chi connectivity index (χ0v) is 16.3. The highest BCUT2D eigenvalue weighted by atomic mass is 19.1. The molecule has 5 nitrogen and oxygen atoms in total. The van der Waals surface area contributed by atoms with E-state index in [2.05, 4.69) is 0 Å². The number of fused-ring (bicyclic) bond motifs is 3. The molecule has 0 N–H and O–H groups in total. The lowest BCUT2D eigenvalue weighted by molar-refractivity contribution is -0.00455. The first-order valence-electron chi connectivity index (χ1n) is 9.69. The molecule has 0 saturated heterocycles. The van der Waals surface area contributed by atoms with Gasteiger partial charge in [-0.1, -0.05) is 30.3 Å². The Balaban J connectivity index is 1.53. The minimum absolute atomic E-state index is 0.123. The maximum absolute atomic E-state index is 13.4. The minimum atomic E-state index is -0.878. The van der Waals surface area contributed by atoms with Gasteiger partial charge in [-0.15, -0.1) is 0 Å². The fourth-order valence-corrected chi connectivity index (χ4v) is 3.92. The lowest BCUT2D eigenvalue weighted by atomic mass is 9.96. The van der Waals surface area contributed by atoms with Gasteiger partial charge >= 0.3 is 0 Å². The molecule has 3 aromatic carbocycles. The second kappa shape index (κ2) is 7.30. The number of hydrogen-bond acceptors (Lipinski definition) is 5. The monoisotopic (exact) mass is 402 g/mol. The molecule has 0 saturated carbocycles. The average Bonchev–Trinajstić information content (AvgIpc) is 3.24. The lowest BCUT2D eigenvalue weighted by Gasteiger charge is -2.37. The highest BCUT2D eigenvalue weighted by Gasteiger charge is 2.43. The van der Waals surface area contributed by atoms with Gasteiger partial charge in [0.15, 0.2) is 0 Å². The van der Waals surface area contributed by atoms with Crippen molar-refractivity contribution in [2.75, 3.05) is 7.11 Å². The van der Waals surface area contributed by atoms with E-state index in [1.807, 2.05) is 24.3 Å². The van der Waals surface area contributed by atoms with Crippen LogP contribution in [0.25, 0.3) is 0 Å². The molecule has 2 aliphatic rings. The summed E-state index contributed by atoms with van der Waals surface area (Å²) in [5, 5.41) is 6.46. The first-order chi connectivity index (χ1) is 14.6. The highest BCUT2D eigenvalue weighted by molar-refractivity contribution is 6.03. The number of para-hydroxylation sites is 1. The zero-order chi connectivity index (χ0) is 20.7. The summed E-state index contributed by atoms with van der Waals surface area (Å²) < 4.78 is 24.6. The molecule has 2 aliphatic heterocycles. The first-order valence-corrected chi connectivity index (χ1v) is 9.69. The lowest BCUT2D eigenvalue weighted by Crippen LogP contribution is -2.45. The van der Waals surface area contributed by atoms with E-state index in [0.717, 1.165) is 16.8 Å². The number of ether oxygens (including phenoxy) is 2. The molecule has 0 bridgehead atoms. The maximum Gasteiger partial charge on any atom is 0.251 e. The molecule has 150 valence electrons. The Kier molecular flexibility index (Phi) is 4.47. The van der Waals surface area contributed by atoms with Crippen molar-refractivity contribution in [1.82, 2.24) is 5.01 Å². The Hall–Kier alpha value is -3.67. The highest BCUT2D eigenvalue weighted by Crippen LogP contribution is 2.43. The van der Waals surface area contributed by atoms with Crippen LogP contribution in [0.2, 0.25) is 0 Å². The van der Waals surface area contributed by atoms with E-state index in [-0.39, 0.29) is 17.6 Å². The molecule has 0 fully saturated rings. The summed E-state index contributed by atoms with van der Waals surface area (Å²) >= 11 is 0. The summed E-state index contributed by atoms with van der Waals surface area (Å²) in [6.45, 7) is 0. The van der Waals surface area contributed by atoms with E-state index < -0.39 is 6.23 Å². The number of ketones is 1. The largest absolute Gasteiger partial charge is 0.497 e. The summed E-state index contributed by atoms with van der Waals surface area (Å²) in [5.74, 6) is 0.885. The van der Waals surface area contributed by atoms with Crippen molar-refractivity contribution in [1.29, 1.82) is 0 Å². The van der Waals surface area contributed by atoms with Gasteiger partial charge in [0.1, 0.15) is 17.3 Å². The number of hydrazone groups is 1. The molecule has 0 amide bonds. The van der Waals surface area contributed by atoms with Gasteiger partial charge in [-0.3, -0.25) is 4.79 Å². The quantitative estimate of drug-likeness (QED) is 0.599. The van der Waals surface area contributed by atoms with Gasteiger partial charge in [0, 0.05) is 17.5 Å². The number of carbonyl (C=O) groups excluding carboxylic acids is 1. The van der Waals surface area contributed by atoms with Crippen LogP contribution < -0.4 is 9.47 Å². The Morgan fingerprint density at radius 1 is 1.07 bits per heavy atom. The molecule has 0 aliphatic carbocycles. The van der Waals surface area contributed by atoms with Gasteiger partial charge in [-0.25, -0.2) is 9.40 Å². The number of benzene rings is 3. The molecule has 0 unspecified atom stereocenters. The molecule has 0 aromatic heterocycles. The van der Waals surface area contributed by atoms with Crippen LogP contribution in [0.4, 0.5) is 4.39 Å². The molecule has 5 rings (SSSR count). The third-order valence-corrected chi connectivity index (χ3v) is 5.48. The van der Waals surface area contributed by atoms with Gasteiger partial charge < -0.3 is 9.47 Å². The normalized spacial score (nSPS) is 19.4. The molecular weight excluding hydrogens is 383 g/mol. The fraction of sp³-hybridized carbons (Fsp3) is 0.167. The Morgan fingerprint density at radius 2 is 1.80 bits per heavy atom. The van der Waals surface area contributed by atoms with Gasteiger partial charge in [-0.2, -0.15) is 5.10 Å². The van der Waals surface area contributed by atoms with Gasteiger partial charge in [0.05, 0.1) is 18.9 Å². The first kappa shape index (κ1) is 18.4. The third-order valence-electron chi connectivity index (χ3n) is 5.48. The van der Waals surface area contributed by atoms with E-state index in [4.69, 9.17) is 14.6 Å². The molecular formula is C24H19FN2O3. The van der Waals surface area contributed by atoms with Crippen LogP contribution in [0.3, 0.4) is 0 Å². The van der Waals surface area contributed by atoms with Crippen molar-refractivity contribution >= 4 is 11.5 Å². The Morgan fingerprint density at radius 3 is 2.53 bits per heavy atom.